The second kappa shape index (κ2) is 5.79. The number of rotatable bonds is 5. The number of carbonyl (C=O) groups excluding carboxylic acids is 3. The first-order valence-corrected chi connectivity index (χ1v) is 7.28. The molecule has 3 N–H and O–H groups in total. The molecule has 1 heterocycles. The van der Waals surface area contributed by atoms with Gasteiger partial charge in [0.1, 0.15) is 5.54 Å². The van der Waals surface area contributed by atoms with Crippen LogP contribution in [0.15, 0.2) is 24.3 Å². The molecule has 2 rings (SSSR count). The van der Waals surface area contributed by atoms with Crippen LogP contribution in [0.4, 0.5) is 4.79 Å². The summed E-state index contributed by atoms with van der Waals surface area (Å²) in [6.07, 6.45) is -0.0402. The highest BCUT2D eigenvalue weighted by Crippen LogP contribution is 2.29. The molecular weight excluding hydrogens is 282 g/mol. The van der Waals surface area contributed by atoms with Crippen molar-refractivity contribution in [1.29, 1.82) is 0 Å². The van der Waals surface area contributed by atoms with Crippen LogP contribution < -0.4 is 11.1 Å². The van der Waals surface area contributed by atoms with Gasteiger partial charge in [-0.1, -0.05) is 38.1 Å². The van der Waals surface area contributed by atoms with Gasteiger partial charge in [0.05, 0.1) is 0 Å². The Hall–Kier alpha value is -2.37. The van der Waals surface area contributed by atoms with E-state index in [1.54, 1.807) is 6.92 Å². The summed E-state index contributed by atoms with van der Waals surface area (Å²) in [6, 6.07) is 7.12. The lowest BCUT2D eigenvalue weighted by Crippen LogP contribution is -2.41. The topological polar surface area (TPSA) is 92.5 Å². The van der Waals surface area contributed by atoms with Gasteiger partial charge < -0.3 is 11.1 Å². The number of nitrogens with one attached hydrogen (secondary N) is 1. The molecular formula is C16H21N3O3. The minimum absolute atomic E-state index is 0.000330. The third kappa shape index (κ3) is 2.81. The number of carbonyl (C=O) groups is 3. The maximum absolute atomic E-state index is 12.6. The molecule has 118 valence electrons. The van der Waals surface area contributed by atoms with Crippen LogP contribution >= 0.6 is 0 Å². The number of benzene rings is 1. The predicted molar refractivity (Wildman–Crippen MR) is 81.9 cm³/mol. The van der Waals surface area contributed by atoms with Gasteiger partial charge in [0, 0.05) is 13.0 Å². The molecule has 0 saturated carbocycles. The Labute approximate surface area is 129 Å². The molecule has 22 heavy (non-hydrogen) atoms. The molecule has 1 fully saturated rings. The Morgan fingerprint density at radius 1 is 1.27 bits per heavy atom. The van der Waals surface area contributed by atoms with Crippen molar-refractivity contribution in [3.63, 3.8) is 0 Å². The molecule has 0 spiro atoms. The van der Waals surface area contributed by atoms with Crippen molar-refractivity contribution >= 4 is 17.8 Å². The zero-order chi connectivity index (χ0) is 16.5. The van der Waals surface area contributed by atoms with E-state index in [1.807, 2.05) is 24.3 Å². The number of hydrogen-bond acceptors (Lipinski definition) is 3. The third-order valence-electron chi connectivity index (χ3n) is 4.01. The van der Waals surface area contributed by atoms with Gasteiger partial charge in [0.2, 0.25) is 5.91 Å². The van der Waals surface area contributed by atoms with Crippen molar-refractivity contribution < 1.29 is 14.4 Å². The average Bonchev–Trinajstić information content (AvgIpc) is 2.68. The van der Waals surface area contributed by atoms with Crippen molar-refractivity contribution in [2.75, 3.05) is 6.54 Å². The fourth-order valence-corrected chi connectivity index (χ4v) is 2.52. The first-order chi connectivity index (χ1) is 10.3. The normalized spacial score (nSPS) is 21.4. The molecule has 4 amide bonds. The van der Waals surface area contributed by atoms with E-state index in [0.29, 0.717) is 5.92 Å². The number of nitrogens with zero attached hydrogens (tertiary/aromatic N) is 1. The Morgan fingerprint density at radius 2 is 1.86 bits per heavy atom. The molecule has 0 aliphatic carbocycles. The highest BCUT2D eigenvalue weighted by Gasteiger charge is 2.48. The average molecular weight is 303 g/mol. The Morgan fingerprint density at radius 3 is 2.36 bits per heavy atom. The first-order valence-electron chi connectivity index (χ1n) is 7.28. The Balaban J connectivity index is 2.24. The molecule has 1 aliphatic heterocycles. The lowest BCUT2D eigenvalue weighted by Gasteiger charge is -2.22. The molecule has 1 aliphatic rings. The molecule has 1 saturated heterocycles. The lowest BCUT2D eigenvalue weighted by molar-refractivity contribution is -0.131. The van der Waals surface area contributed by atoms with Crippen LogP contribution in [0.3, 0.4) is 0 Å². The van der Waals surface area contributed by atoms with E-state index in [9.17, 15) is 14.4 Å². The quantitative estimate of drug-likeness (QED) is 0.806. The standard InChI is InChI=1S/C16H21N3O3/c1-10(2)11-4-6-12(7-5-11)16(3)14(21)19(15(22)18-16)9-8-13(17)20/h4-7,10H,8-9H2,1-3H3,(H2,17,20)(H,18,22). The van der Waals surface area contributed by atoms with E-state index in [2.05, 4.69) is 19.2 Å². The molecule has 1 aromatic rings. The van der Waals surface area contributed by atoms with Crippen LogP contribution in [-0.4, -0.2) is 29.3 Å². The number of nitrogens with two attached hydrogens (primary N) is 1. The van der Waals surface area contributed by atoms with Gasteiger partial charge >= 0.3 is 6.03 Å². The SMILES string of the molecule is CC(C)c1ccc(C2(C)NC(=O)N(CCC(N)=O)C2=O)cc1. The van der Waals surface area contributed by atoms with Gasteiger partial charge in [0.15, 0.2) is 0 Å². The second-order valence-corrected chi connectivity index (χ2v) is 6.00. The molecule has 0 aromatic heterocycles. The summed E-state index contributed by atoms with van der Waals surface area (Å²) in [5.74, 6) is -0.519. The zero-order valence-corrected chi connectivity index (χ0v) is 13.1. The summed E-state index contributed by atoms with van der Waals surface area (Å²) in [7, 11) is 0. The number of imide groups is 1. The minimum Gasteiger partial charge on any atom is -0.370 e. The fourth-order valence-electron chi connectivity index (χ4n) is 2.52. The monoisotopic (exact) mass is 303 g/mol. The highest BCUT2D eigenvalue weighted by atomic mass is 16.2. The van der Waals surface area contributed by atoms with Crippen molar-refractivity contribution in [1.82, 2.24) is 10.2 Å². The van der Waals surface area contributed by atoms with Crippen LogP contribution in [0.25, 0.3) is 0 Å². The van der Waals surface area contributed by atoms with Crippen LogP contribution in [-0.2, 0) is 15.1 Å². The van der Waals surface area contributed by atoms with E-state index in [-0.39, 0.29) is 18.9 Å². The molecule has 1 atom stereocenters. The summed E-state index contributed by atoms with van der Waals surface area (Å²) in [6.45, 7) is 5.84. The van der Waals surface area contributed by atoms with E-state index in [0.717, 1.165) is 16.0 Å². The van der Waals surface area contributed by atoms with Crippen molar-refractivity contribution in [3.8, 4) is 0 Å². The summed E-state index contributed by atoms with van der Waals surface area (Å²) in [5.41, 5.74) is 5.85. The maximum Gasteiger partial charge on any atom is 0.325 e. The lowest BCUT2D eigenvalue weighted by atomic mass is 9.90. The van der Waals surface area contributed by atoms with Crippen molar-refractivity contribution in [2.24, 2.45) is 5.73 Å². The summed E-state index contributed by atoms with van der Waals surface area (Å²) in [4.78, 5) is 36.5. The fraction of sp³-hybridized carbons (Fsp3) is 0.438. The number of hydrogen-bond donors (Lipinski definition) is 2. The first kappa shape index (κ1) is 16.0. The third-order valence-corrected chi connectivity index (χ3v) is 4.01. The van der Waals surface area contributed by atoms with Gasteiger partial charge in [-0.2, -0.15) is 0 Å². The second-order valence-electron chi connectivity index (χ2n) is 6.00. The van der Waals surface area contributed by atoms with Gasteiger partial charge in [0.25, 0.3) is 5.91 Å². The smallest absolute Gasteiger partial charge is 0.325 e. The van der Waals surface area contributed by atoms with Crippen LogP contribution in [0.2, 0.25) is 0 Å². The minimum atomic E-state index is -1.11. The summed E-state index contributed by atoms with van der Waals surface area (Å²) in [5, 5.41) is 2.70. The van der Waals surface area contributed by atoms with Gasteiger partial charge in [-0.25, -0.2) is 4.79 Å². The van der Waals surface area contributed by atoms with E-state index < -0.39 is 17.5 Å². The van der Waals surface area contributed by atoms with Crippen LogP contribution in [0, 0.1) is 0 Å². The molecule has 6 heteroatoms. The van der Waals surface area contributed by atoms with Crippen molar-refractivity contribution in [2.45, 2.75) is 38.6 Å². The molecule has 1 unspecified atom stereocenters. The molecule has 1 aromatic carbocycles. The van der Waals surface area contributed by atoms with Gasteiger partial charge in [-0.3, -0.25) is 14.5 Å². The van der Waals surface area contributed by atoms with Crippen LogP contribution in [0.5, 0.6) is 0 Å². The van der Waals surface area contributed by atoms with Crippen molar-refractivity contribution in [3.05, 3.63) is 35.4 Å². The number of urea groups is 1. The highest BCUT2D eigenvalue weighted by molar-refractivity contribution is 6.07. The van der Waals surface area contributed by atoms with Crippen LogP contribution in [0.1, 0.15) is 44.2 Å². The van der Waals surface area contributed by atoms with Gasteiger partial charge in [-0.05, 0) is 24.0 Å². The largest absolute Gasteiger partial charge is 0.370 e. The van der Waals surface area contributed by atoms with E-state index >= 15 is 0 Å². The predicted octanol–water partition coefficient (Wildman–Crippen LogP) is 1.45. The summed E-state index contributed by atoms with van der Waals surface area (Å²) < 4.78 is 0. The molecule has 6 nitrogen and oxygen atoms in total. The number of primary amides is 1. The molecule has 0 radical (unpaired) electrons. The zero-order valence-electron chi connectivity index (χ0n) is 13.1. The van der Waals surface area contributed by atoms with E-state index in [1.165, 1.54) is 0 Å². The Bertz CT molecular complexity index is 610. The number of amides is 4. The maximum atomic E-state index is 12.6. The van der Waals surface area contributed by atoms with Gasteiger partial charge in [-0.15, -0.1) is 0 Å². The Kier molecular flexibility index (Phi) is 4.21. The summed E-state index contributed by atoms with van der Waals surface area (Å²) >= 11 is 0. The molecule has 0 bridgehead atoms. The van der Waals surface area contributed by atoms with E-state index in [4.69, 9.17) is 5.73 Å².